The van der Waals surface area contributed by atoms with E-state index in [1.54, 1.807) is 19.2 Å². The minimum atomic E-state index is -1.06. The van der Waals surface area contributed by atoms with Crippen LogP contribution in [0.15, 0.2) is 65.3 Å². The maximum atomic E-state index is 12.7. The van der Waals surface area contributed by atoms with Crippen molar-refractivity contribution in [1.82, 2.24) is 25.3 Å². The zero-order chi connectivity index (χ0) is 26.8. The summed E-state index contributed by atoms with van der Waals surface area (Å²) in [6.07, 6.45) is 3.96. The number of carbonyl (C=O) groups is 3. The highest BCUT2D eigenvalue weighted by Crippen LogP contribution is 2.34. The van der Waals surface area contributed by atoms with E-state index in [1.165, 1.54) is 28.9 Å². The molecule has 5 N–H and O–H groups in total. The van der Waals surface area contributed by atoms with Crippen molar-refractivity contribution in [3.63, 3.8) is 0 Å². The lowest BCUT2D eigenvalue weighted by molar-refractivity contribution is 0.0694. The number of benzene rings is 1. The number of carboxylic acid groups (broad SMARTS) is 1. The summed E-state index contributed by atoms with van der Waals surface area (Å²) in [5.41, 5.74) is 2.26. The molecule has 1 saturated carbocycles. The summed E-state index contributed by atoms with van der Waals surface area (Å²) in [6, 6.07) is 13.2. The summed E-state index contributed by atoms with van der Waals surface area (Å²) in [4.78, 5) is 40.8. The molecule has 11 nitrogen and oxygen atoms in total. The second-order valence-corrected chi connectivity index (χ2v) is 9.23. The van der Waals surface area contributed by atoms with Crippen LogP contribution in [0.25, 0.3) is 17.0 Å². The molecule has 0 bridgehead atoms. The number of hydrogen-bond donors (Lipinski definition) is 5. The van der Waals surface area contributed by atoms with E-state index in [9.17, 15) is 19.5 Å². The minimum Gasteiger partial charge on any atom is -0.478 e. The molecule has 1 aliphatic carbocycles. The Morgan fingerprint density at radius 1 is 1.11 bits per heavy atom. The average Bonchev–Trinajstić information content (AvgIpc) is 3.47. The lowest BCUT2D eigenvalue weighted by atomic mass is 10.1. The van der Waals surface area contributed by atoms with Crippen molar-refractivity contribution in [2.24, 2.45) is 5.92 Å². The van der Waals surface area contributed by atoms with Gasteiger partial charge in [0.05, 0.1) is 11.6 Å². The molecule has 1 aliphatic rings. The largest absolute Gasteiger partial charge is 0.478 e. The molecule has 2 amide bonds. The van der Waals surface area contributed by atoms with Crippen molar-refractivity contribution in [1.29, 1.82) is 0 Å². The van der Waals surface area contributed by atoms with Gasteiger partial charge in [-0.25, -0.2) is 9.78 Å². The first-order chi connectivity index (χ1) is 18.3. The third-order valence-electron chi connectivity index (χ3n) is 6.49. The van der Waals surface area contributed by atoms with Gasteiger partial charge in [0, 0.05) is 24.5 Å². The van der Waals surface area contributed by atoms with Crippen LogP contribution in [0.4, 0.5) is 0 Å². The zero-order valence-corrected chi connectivity index (χ0v) is 20.5. The molecule has 3 heterocycles. The smallest absolute Gasteiger partial charge is 0.337 e. The lowest BCUT2D eigenvalue weighted by Crippen LogP contribution is -2.50. The quantitative estimate of drug-likeness (QED) is 0.200. The first-order valence-electron chi connectivity index (χ1n) is 12.2. The van der Waals surface area contributed by atoms with Gasteiger partial charge in [-0.2, -0.15) is 0 Å². The van der Waals surface area contributed by atoms with Gasteiger partial charge in [-0.1, -0.05) is 18.2 Å². The van der Waals surface area contributed by atoms with E-state index in [0.717, 1.165) is 24.0 Å². The van der Waals surface area contributed by atoms with E-state index in [4.69, 9.17) is 9.52 Å². The number of imidazole rings is 1. The Bertz CT molecular complexity index is 1500. The first-order valence-corrected chi connectivity index (χ1v) is 12.2. The fraction of sp³-hybridized carbons (Fsp3) is 0.259. The van der Waals surface area contributed by atoms with Crippen LogP contribution >= 0.6 is 0 Å². The number of aliphatic hydroxyl groups is 1. The number of aromatic carboxylic acids is 1. The summed E-state index contributed by atoms with van der Waals surface area (Å²) in [6.45, 7) is 0.222. The number of carboxylic acids is 1. The van der Waals surface area contributed by atoms with E-state index in [-0.39, 0.29) is 35.5 Å². The van der Waals surface area contributed by atoms with Crippen LogP contribution in [0.2, 0.25) is 0 Å². The average molecular weight is 518 g/mol. The van der Waals surface area contributed by atoms with Crippen LogP contribution in [0, 0.1) is 5.92 Å². The second-order valence-electron chi connectivity index (χ2n) is 9.23. The maximum absolute atomic E-state index is 12.7. The number of likely N-dealkylation sites (N-methyl/N-ethyl adjacent to an activating group) is 1. The van der Waals surface area contributed by atoms with Crippen LogP contribution in [-0.4, -0.2) is 56.7 Å². The van der Waals surface area contributed by atoms with Crippen LogP contribution in [0.1, 0.15) is 49.8 Å². The number of aliphatic hydroxyl groups excluding tert-OH is 1. The zero-order valence-electron chi connectivity index (χ0n) is 20.5. The second kappa shape index (κ2) is 10.5. The highest BCUT2D eigenvalue weighted by atomic mass is 16.4. The molecule has 38 heavy (non-hydrogen) atoms. The van der Waals surface area contributed by atoms with Gasteiger partial charge in [-0.3, -0.25) is 14.9 Å². The van der Waals surface area contributed by atoms with Crippen LogP contribution < -0.4 is 16.0 Å². The molecular formula is C27H27N5O6. The van der Waals surface area contributed by atoms with Crippen molar-refractivity contribution in [3.05, 3.63) is 83.5 Å². The number of hydrogen-bond acceptors (Lipinski definition) is 7. The third kappa shape index (κ3) is 5.43. The first kappa shape index (κ1) is 25.2. The van der Waals surface area contributed by atoms with Gasteiger partial charge in [-0.05, 0) is 61.7 Å². The van der Waals surface area contributed by atoms with Crippen LogP contribution in [0.5, 0.6) is 0 Å². The lowest BCUT2D eigenvalue weighted by Gasteiger charge is -2.23. The van der Waals surface area contributed by atoms with E-state index in [0.29, 0.717) is 11.4 Å². The van der Waals surface area contributed by atoms with Crippen molar-refractivity contribution in [2.45, 2.75) is 31.7 Å². The highest BCUT2D eigenvalue weighted by Gasteiger charge is 2.37. The van der Waals surface area contributed by atoms with E-state index in [2.05, 4.69) is 20.9 Å². The number of amides is 2. The number of carbonyl (C=O) groups excluding carboxylic acids is 2. The number of fused-ring (bicyclic) bond motifs is 1. The molecule has 0 spiro atoms. The summed E-state index contributed by atoms with van der Waals surface area (Å²) < 4.78 is 7.30. The number of rotatable bonds is 10. The molecule has 2 atom stereocenters. The van der Waals surface area contributed by atoms with Gasteiger partial charge in [0.2, 0.25) is 0 Å². The van der Waals surface area contributed by atoms with Crippen molar-refractivity contribution in [3.8, 4) is 11.3 Å². The van der Waals surface area contributed by atoms with Crippen molar-refractivity contribution < 1.29 is 29.0 Å². The van der Waals surface area contributed by atoms with Crippen LogP contribution in [-0.2, 0) is 6.54 Å². The molecule has 1 fully saturated rings. The van der Waals surface area contributed by atoms with E-state index in [1.807, 2.05) is 24.3 Å². The van der Waals surface area contributed by atoms with Crippen LogP contribution in [0.3, 0.4) is 0 Å². The van der Waals surface area contributed by atoms with Gasteiger partial charge < -0.3 is 29.7 Å². The Kier molecular flexibility index (Phi) is 6.95. The predicted molar refractivity (Wildman–Crippen MR) is 137 cm³/mol. The van der Waals surface area contributed by atoms with Gasteiger partial charge >= 0.3 is 5.97 Å². The van der Waals surface area contributed by atoms with E-state index >= 15 is 0 Å². The fourth-order valence-corrected chi connectivity index (χ4v) is 4.26. The van der Waals surface area contributed by atoms with Crippen molar-refractivity contribution in [2.75, 3.05) is 7.05 Å². The standard InChI is InChI=1S/C27H27N5O6/c1-28-26(35)23(16-5-6-16)31-25(34)21-9-8-20(38-21)17-4-2-3-15(11-17)12-29-24(33)19-14-32-13-18(27(36)37)7-10-22(32)30-19/h2-4,7-11,13-14,16,23,26,28,35H,5-6,12H2,1H3,(H,29,33)(H,31,34)(H,36,37). The summed E-state index contributed by atoms with van der Waals surface area (Å²) in [7, 11) is 1.64. The molecule has 5 rings (SSSR count). The molecule has 3 aromatic heterocycles. The topological polar surface area (TPSA) is 158 Å². The molecule has 0 aliphatic heterocycles. The Morgan fingerprint density at radius 2 is 1.92 bits per heavy atom. The molecule has 11 heteroatoms. The predicted octanol–water partition coefficient (Wildman–Crippen LogP) is 2.27. The Balaban J connectivity index is 1.23. The molecule has 0 saturated heterocycles. The SMILES string of the molecule is CNC(O)C(NC(=O)c1ccc(-c2cccc(CNC(=O)c3cn4cc(C(=O)O)ccc4n3)c2)o1)C1CC1. The van der Waals surface area contributed by atoms with Gasteiger partial charge in [-0.15, -0.1) is 0 Å². The van der Waals surface area contributed by atoms with E-state index < -0.39 is 24.0 Å². The normalized spacial score (nSPS) is 14.7. The molecular weight excluding hydrogens is 490 g/mol. The summed E-state index contributed by atoms with van der Waals surface area (Å²) in [5, 5.41) is 27.7. The Labute approximate surface area is 217 Å². The number of furan rings is 1. The number of aromatic nitrogens is 2. The number of pyridine rings is 1. The Morgan fingerprint density at radius 3 is 2.66 bits per heavy atom. The third-order valence-corrected chi connectivity index (χ3v) is 6.49. The summed E-state index contributed by atoms with van der Waals surface area (Å²) in [5.74, 6) is -0.979. The summed E-state index contributed by atoms with van der Waals surface area (Å²) >= 11 is 0. The maximum Gasteiger partial charge on any atom is 0.337 e. The fourth-order valence-electron chi connectivity index (χ4n) is 4.26. The number of nitrogens with zero attached hydrogens (tertiary/aromatic N) is 2. The highest BCUT2D eigenvalue weighted by molar-refractivity contribution is 5.93. The van der Waals surface area contributed by atoms with Gasteiger partial charge in [0.25, 0.3) is 11.8 Å². The monoisotopic (exact) mass is 517 g/mol. The van der Waals surface area contributed by atoms with Crippen molar-refractivity contribution >= 4 is 23.4 Å². The molecule has 1 aromatic carbocycles. The molecule has 4 aromatic rings. The van der Waals surface area contributed by atoms with Gasteiger partial charge in [0.15, 0.2) is 5.76 Å². The van der Waals surface area contributed by atoms with Gasteiger partial charge in [0.1, 0.15) is 23.3 Å². The minimum absolute atomic E-state index is 0.0931. The molecule has 2 unspecified atom stereocenters. The molecule has 0 radical (unpaired) electrons. The Hall–Kier alpha value is -4.48. The number of nitrogens with one attached hydrogen (secondary N) is 3. The molecule has 196 valence electrons.